The molecule has 0 aliphatic carbocycles. The molecule has 1 rings (SSSR count). The smallest absolute Gasteiger partial charge is 0.407 e. The summed E-state index contributed by atoms with van der Waals surface area (Å²) in [6.07, 6.45) is 1.60. The van der Waals surface area contributed by atoms with Gasteiger partial charge in [-0.15, -0.1) is 0 Å². The third-order valence-electron chi connectivity index (χ3n) is 2.53. The van der Waals surface area contributed by atoms with Gasteiger partial charge in [0.15, 0.2) is 0 Å². The molecule has 0 bridgehead atoms. The first-order chi connectivity index (χ1) is 8.90. The van der Waals surface area contributed by atoms with Crippen LogP contribution >= 0.6 is 0 Å². The van der Waals surface area contributed by atoms with Gasteiger partial charge in [-0.2, -0.15) is 0 Å². The number of hydrogen-bond acceptors (Lipinski definition) is 3. The number of alkyl carbamates (subject to hydrolysis) is 1. The number of carbonyl (C=O) groups excluding carboxylic acids is 1. The van der Waals surface area contributed by atoms with Gasteiger partial charge in [-0.25, -0.2) is 4.79 Å². The molecule has 1 amide bonds. The van der Waals surface area contributed by atoms with E-state index in [0.29, 0.717) is 13.1 Å². The third kappa shape index (κ3) is 6.82. The van der Waals surface area contributed by atoms with Crippen molar-refractivity contribution in [2.75, 3.05) is 6.54 Å². The Morgan fingerprint density at radius 3 is 2.32 bits per heavy atom. The van der Waals surface area contributed by atoms with Crippen molar-refractivity contribution in [2.24, 2.45) is 5.73 Å². The topological polar surface area (TPSA) is 64.3 Å². The van der Waals surface area contributed by atoms with Gasteiger partial charge in [-0.3, -0.25) is 0 Å². The van der Waals surface area contributed by atoms with Gasteiger partial charge in [0, 0.05) is 6.54 Å². The molecular weight excluding hydrogens is 240 g/mol. The molecule has 4 nitrogen and oxygen atoms in total. The summed E-state index contributed by atoms with van der Waals surface area (Å²) >= 11 is 0. The van der Waals surface area contributed by atoms with Crippen LogP contribution in [0.2, 0.25) is 0 Å². The lowest BCUT2D eigenvalue weighted by Gasteiger charge is -2.19. The quantitative estimate of drug-likeness (QED) is 0.859. The Morgan fingerprint density at radius 2 is 1.79 bits per heavy atom. The maximum Gasteiger partial charge on any atom is 0.407 e. The first-order valence-electron chi connectivity index (χ1n) is 6.65. The van der Waals surface area contributed by atoms with E-state index in [1.807, 2.05) is 32.9 Å². The Morgan fingerprint density at radius 1 is 1.21 bits per heavy atom. The summed E-state index contributed by atoms with van der Waals surface area (Å²) in [6.45, 7) is 6.73. The van der Waals surface area contributed by atoms with Crippen molar-refractivity contribution in [3.8, 4) is 0 Å². The van der Waals surface area contributed by atoms with E-state index in [1.54, 1.807) is 0 Å². The second-order valence-corrected chi connectivity index (χ2v) is 5.56. The number of nitrogens with one attached hydrogen (secondary N) is 1. The molecule has 0 saturated carbocycles. The summed E-state index contributed by atoms with van der Waals surface area (Å²) in [7, 11) is 0. The minimum absolute atomic E-state index is 0.389. The van der Waals surface area contributed by atoms with Crippen LogP contribution in [0.1, 0.15) is 38.3 Å². The van der Waals surface area contributed by atoms with Gasteiger partial charge in [0.05, 0.1) is 0 Å². The summed E-state index contributed by atoms with van der Waals surface area (Å²) in [6, 6.07) is 8.18. The minimum Gasteiger partial charge on any atom is -0.444 e. The summed E-state index contributed by atoms with van der Waals surface area (Å²) in [5.41, 5.74) is 7.34. The van der Waals surface area contributed by atoms with E-state index in [-0.39, 0.29) is 6.09 Å². The standard InChI is InChI=1S/C15H24N2O2/c1-15(2,3)19-14(18)17-11-13-8-6-12(7-9-13)5-4-10-16/h6-9H,4-5,10-11,16H2,1-3H3,(H,17,18). The van der Waals surface area contributed by atoms with Gasteiger partial charge in [-0.1, -0.05) is 24.3 Å². The second kappa shape index (κ2) is 7.14. The van der Waals surface area contributed by atoms with E-state index in [0.717, 1.165) is 18.4 Å². The number of ether oxygens (including phenoxy) is 1. The van der Waals surface area contributed by atoms with Gasteiger partial charge >= 0.3 is 6.09 Å². The Labute approximate surface area is 115 Å². The van der Waals surface area contributed by atoms with Crippen molar-refractivity contribution in [3.05, 3.63) is 35.4 Å². The molecule has 0 aromatic heterocycles. The first-order valence-corrected chi connectivity index (χ1v) is 6.65. The van der Waals surface area contributed by atoms with E-state index in [2.05, 4.69) is 17.4 Å². The van der Waals surface area contributed by atoms with Crippen LogP contribution in [0.25, 0.3) is 0 Å². The van der Waals surface area contributed by atoms with Crippen LogP contribution < -0.4 is 11.1 Å². The summed E-state index contributed by atoms with van der Waals surface area (Å²) < 4.78 is 5.17. The average molecular weight is 264 g/mol. The molecule has 1 aromatic rings. The van der Waals surface area contributed by atoms with Gasteiger partial charge in [0.1, 0.15) is 5.60 Å². The van der Waals surface area contributed by atoms with Crippen LogP contribution in [0.3, 0.4) is 0 Å². The van der Waals surface area contributed by atoms with Crippen LogP contribution in [0, 0.1) is 0 Å². The molecule has 0 radical (unpaired) electrons. The molecule has 0 heterocycles. The summed E-state index contributed by atoms with van der Waals surface area (Å²) in [5.74, 6) is 0. The van der Waals surface area contributed by atoms with Crippen LogP contribution in [-0.2, 0) is 17.7 Å². The highest BCUT2D eigenvalue weighted by Crippen LogP contribution is 2.08. The van der Waals surface area contributed by atoms with Crippen LogP contribution in [-0.4, -0.2) is 18.2 Å². The number of aryl methyl sites for hydroxylation is 1. The van der Waals surface area contributed by atoms with E-state index < -0.39 is 5.60 Å². The predicted molar refractivity (Wildman–Crippen MR) is 76.9 cm³/mol. The Kier molecular flexibility index (Phi) is 5.83. The van der Waals surface area contributed by atoms with Crippen molar-refractivity contribution in [2.45, 2.75) is 45.8 Å². The molecule has 4 heteroatoms. The van der Waals surface area contributed by atoms with Gasteiger partial charge in [0.2, 0.25) is 0 Å². The second-order valence-electron chi connectivity index (χ2n) is 5.56. The number of rotatable bonds is 5. The number of benzene rings is 1. The molecule has 1 aromatic carbocycles. The summed E-state index contributed by atoms with van der Waals surface area (Å²) in [4.78, 5) is 11.5. The molecule has 0 spiro atoms. The fourth-order valence-corrected chi connectivity index (χ4v) is 1.62. The molecule has 0 aliphatic heterocycles. The zero-order chi connectivity index (χ0) is 14.3. The minimum atomic E-state index is -0.462. The largest absolute Gasteiger partial charge is 0.444 e. The van der Waals surface area contributed by atoms with Gasteiger partial charge < -0.3 is 15.8 Å². The fraction of sp³-hybridized carbons (Fsp3) is 0.533. The average Bonchev–Trinajstić information content (AvgIpc) is 2.33. The highest BCUT2D eigenvalue weighted by Gasteiger charge is 2.15. The summed E-state index contributed by atoms with van der Waals surface area (Å²) in [5, 5.41) is 2.74. The fourth-order valence-electron chi connectivity index (χ4n) is 1.62. The number of hydrogen-bond donors (Lipinski definition) is 2. The molecule has 19 heavy (non-hydrogen) atoms. The van der Waals surface area contributed by atoms with Crippen molar-refractivity contribution in [1.29, 1.82) is 0 Å². The Bertz CT molecular complexity index is 394. The van der Waals surface area contributed by atoms with Crippen LogP contribution in [0.5, 0.6) is 0 Å². The zero-order valence-corrected chi connectivity index (χ0v) is 12.0. The van der Waals surface area contributed by atoms with E-state index in [4.69, 9.17) is 10.5 Å². The van der Waals surface area contributed by atoms with Gasteiger partial charge in [-0.05, 0) is 51.3 Å². The molecular formula is C15H24N2O2. The van der Waals surface area contributed by atoms with Crippen LogP contribution in [0.15, 0.2) is 24.3 Å². The predicted octanol–water partition coefficient (Wildman–Crippen LogP) is 2.60. The Hall–Kier alpha value is -1.55. The maximum absolute atomic E-state index is 11.5. The SMILES string of the molecule is CC(C)(C)OC(=O)NCc1ccc(CCCN)cc1. The molecule has 0 atom stereocenters. The lowest BCUT2D eigenvalue weighted by atomic mass is 10.1. The molecule has 0 fully saturated rings. The number of carbonyl (C=O) groups is 1. The van der Waals surface area contributed by atoms with Crippen molar-refractivity contribution >= 4 is 6.09 Å². The molecule has 0 unspecified atom stereocenters. The maximum atomic E-state index is 11.5. The van der Waals surface area contributed by atoms with Gasteiger partial charge in [0.25, 0.3) is 0 Å². The number of nitrogens with two attached hydrogens (primary N) is 1. The molecule has 0 saturated heterocycles. The first kappa shape index (κ1) is 15.5. The van der Waals surface area contributed by atoms with E-state index in [9.17, 15) is 4.79 Å². The molecule has 0 aliphatic rings. The number of amides is 1. The van der Waals surface area contributed by atoms with Crippen LogP contribution in [0.4, 0.5) is 4.79 Å². The van der Waals surface area contributed by atoms with E-state index >= 15 is 0 Å². The normalized spacial score (nSPS) is 11.2. The lowest BCUT2D eigenvalue weighted by molar-refractivity contribution is 0.0523. The Balaban J connectivity index is 2.39. The van der Waals surface area contributed by atoms with Crippen molar-refractivity contribution in [3.63, 3.8) is 0 Å². The lowest BCUT2D eigenvalue weighted by Crippen LogP contribution is -2.32. The molecule has 106 valence electrons. The van der Waals surface area contributed by atoms with Crippen molar-refractivity contribution < 1.29 is 9.53 Å². The highest BCUT2D eigenvalue weighted by atomic mass is 16.6. The molecule has 3 N–H and O–H groups in total. The van der Waals surface area contributed by atoms with E-state index in [1.165, 1.54) is 5.56 Å². The highest BCUT2D eigenvalue weighted by molar-refractivity contribution is 5.67. The zero-order valence-electron chi connectivity index (χ0n) is 12.0. The monoisotopic (exact) mass is 264 g/mol. The van der Waals surface area contributed by atoms with Crippen molar-refractivity contribution in [1.82, 2.24) is 5.32 Å². The third-order valence-corrected chi connectivity index (χ3v) is 2.53.